The summed E-state index contributed by atoms with van der Waals surface area (Å²) < 4.78 is 10.5. The zero-order valence-electron chi connectivity index (χ0n) is 11.2. The van der Waals surface area contributed by atoms with Crippen molar-refractivity contribution >= 4 is 5.91 Å². The van der Waals surface area contributed by atoms with Gasteiger partial charge in [0.25, 0.3) is 0 Å². The van der Waals surface area contributed by atoms with Gasteiger partial charge in [0.15, 0.2) is 0 Å². The minimum absolute atomic E-state index is 0.0656. The standard InChI is InChI=1S/C10H21NO3.C2H6/c1-3-6-13-8-9-14-7-5-11-10(12)4-2;1-2/h3-9H2,1-2H3,(H,11,12);1-2H3. The Kier molecular flexibility index (Phi) is 18.7. The van der Waals surface area contributed by atoms with Gasteiger partial charge >= 0.3 is 0 Å². The van der Waals surface area contributed by atoms with E-state index in [-0.39, 0.29) is 5.91 Å². The normalized spacial score (nSPS) is 9.25. The number of amides is 1. The van der Waals surface area contributed by atoms with E-state index >= 15 is 0 Å². The average Bonchev–Trinajstić information content (AvgIpc) is 2.34. The lowest BCUT2D eigenvalue weighted by Gasteiger charge is -2.05. The number of carbonyl (C=O) groups is 1. The zero-order valence-corrected chi connectivity index (χ0v) is 11.2. The number of hydrogen-bond acceptors (Lipinski definition) is 3. The van der Waals surface area contributed by atoms with Crippen LogP contribution in [0.25, 0.3) is 0 Å². The fraction of sp³-hybridized carbons (Fsp3) is 0.917. The van der Waals surface area contributed by atoms with E-state index in [1.165, 1.54) is 0 Å². The van der Waals surface area contributed by atoms with Crippen molar-refractivity contribution in [2.24, 2.45) is 0 Å². The molecule has 0 aromatic heterocycles. The zero-order chi connectivity index (χ0) is 12.6. The lowest BCUT2D eigenvalue weighted by molar-refractivity contribution is -0.121. The minimum Gasteiger partial charge on any atom is -0.379 e. The average molecular weight is 233 g/mol. The minimum atomic E-state index is 0.0656. The molecule has 0 saturated heterocycles. The van der Waals surface area contributed by atoms with Gasteiger partial charge in [0.1, 0.15) is 0 Å². The van der Waals surface area contributed by atoms with Crippen molar-refractivity contribution in [3.05, 3.63) is 0 Å². The summed E-state index contributed by atoms with van der Waals surface area (Å²) >= 11 is 0. The van der Waals surface area contributed by atoms with Gasteiger partial charge in [-0.05, 0) is 6.42 Å². The molecule has 0 unspecified atom stereocenters. The lowest BCUT2D eigenvalue weighted by Crippen LogP contribution is -2.26. The van der Waals surface area contributed by atoms with Crippen LogP contribution < -0.4 is 5.32 Å². The van der Waals surface area contributed by atoms with Crippen molar-refractivity contribution < 1.29 is 14.3 Å². The third kappa shape index (κ3) is 15.8. The second-order valence-electron chi connectivity index (χ2n) is 2.93. The molecule has 1 amide bonds. The van der Waals surface area contributed by atoms with Crippen LogP contribution in [0.5, 0.6) is 0 Å². The van der Waals surface area contributed by atoms with Crippen LogP contribution >= 0.6 is 0 Å². The molecule has 0 radical (unpaired) electrons. The highest BCUT2D eigenvalue weighted by atomic mass is 16.5. The first kappa shape index (κ1) is 17.8. The van der Waals surface area contributed by atoms with E-state index in [9.17, 15) is 4.79 Å². The molecule has 16 heavy (non-hydrogen) atoms. The van der Waals surface area contributed by atoms with Gasteiger partial charge in [-0.15, -0.1) is 0 Å². The summed E-state index contributed by atoms with van der Waals surface area (Å²) in [6.45, 7) is 11.1. The Hall–Kier alpha value is -0.610. The summed E-state index contributed by atoms with van der Waals surface area (Å²) in [4.78, 5) is 10.8. The van der Waals surface area contributed by atoms with Gasteiger partial charge in [0.2, 0.25) is 5.91 Å². The summed E-state index contributed by atoms with van der Waals surface area (Å²) in [5.41, 5.74) is 0. The number of carbonyl (C=O) groups excluding carboxylic acids is 1. The molecule has 0 atom stereocenters. The van der Waals surface area contributed by atoms with E-state index in [2.05, 4.69) is 12.2 Å². The molecule has 0 rings (SSSR count). The van der Waals surface area contributed by atoms with Gasteiger partial charge in [-0.2, -0.15) is 0 Å². The van der Waals surface area contributed by atoms with Crippen LogP contribution in [0.4, 0.5) is 0 Å². The summed E-state index contributed by atoms with van der Waals surface area (Å²) in [5.74, 6) is 0.0656. The maximum Gasteiger partial charge on any atom is 0.219 e. The van der Waals surface area contributed by atoms with E-state index < -0.39 is 0 Å². The largest absolute Gasteiger partial charge is 0.379 e. The molecule has 0 aliphatic carbocycles. The maximum atomic E-state index is 10.8. The van der Waals surface area contributed by atoms with Crippen molar-refractivity contribution in [2.45, 2.75) is 40.5 Å². The van der Waals surface area contributed by atoms with Crippen molar-refractivity contribution in [2.75, 3.05) is 33.0 Å². The van der Waals surface area contributed by atoms with E-state index in [4.69, 9.17) is 9.47 Å². The first-order valence-corrected chi connectivity index (χ1v) is 6.23. The van der Waals surface area contributed by atoms with Crippen LogP contribution in [0.15, 0.2) is 0 Å². The van der Waals surface area contributed by atoms with Crippen LogP contribution in [-0.2, 0) is 14.3 Å². The molecule has 0 fully saturated rings. The number of ether oxygens (including phenoxy) is 2. The van der Waals surface area contributed by atoms with Crippen molar-refractivity contribution in [3.8, 4) is 0 Å². The first-order valence-electron chi connectivity index (χ1n) is 6.23. The molecule has 0 aromatic carbocycles. The Morgan fingerprint density at radius 1 is 1.00 bits per heavy atom. The van der Waals surface area contributed by atoms with E-state index in [1.807, 2.05) is 20.8 Å². The second-order valence-corrected chi connectivity index (χ2v) is 2.93. The summed E-state index contributed by atoms with van der Waals surface area (Å²) in [7, 11) is 0. The lowest BCUT2D eigenvalue weighted by atomic mass is 10.4. The number of nitrogens with one attached hydrogen (secondary N) is 1. The quantitative estimate of drug-likeness (QED) is 0.619. The molecule has 1 N–H and O–H groups in total. The smallest absolute Gasteiger partial charge is 0.219 e. The molecule has 0 heterocycles. The topological polar surface area (TPSA) is 47.6 Å². The molecule has 0 spiro atoms. The highest BCUT2D eigenvalue weighted by Gasteiger charge is 1.94. The van der Waals surface area contributed by atoms with Gasteiger partial charge < -0.3 is 14.8 Å². The van der Waals surface area contributed by atoms with Crippen molar-refractivity contribution in [3.63, 3.8) is 0 Å². The molecular formula is C12H27NO3. The molecule has 4 heteroatoms. The molecule has 4 nitrogen and oxygen atoms in total. The van der Waals surface area contributed by atoms with E-state index in [0.717, 1.165) is 13.0 Å². The Morgan fingerprint density at radius 3 is 2.06 bits per heavy atom. The predicted octanol–water partition coefficient (Wildman–Crippen LogP) is 1.98. The molecule has 98 valence electrons. The Balaban J connectivity index is 0. The van der Waals surface area contributed by atoms with Crippen LogP contribution in [0.1, 0.15) is 40.5 Å². The Bertz CT molecular complexity index is 140. The van der Waals surface area contributed by atoms with E-state index in [1.54, 1.807) is 0 Å². The molecule has 0 saturated carbocycles. The fourth-order valence-electron chi connectivity index (χ4n) is 0.854. The highest BCUT2D eigenvalue weighted by Crippen LogP contribution is 1.81. The molecule has 0 bridgehead atoms. The van der Waals surface area contributed by atoms with Gasteiger partial charge in [-0.25, -0.2) is 0 Å². The van der Waals surface area contributed by atoms with Crippen LogP contribution in [-0.4, -0.2) is 38.9 Å². The molecular weight excluding hydrogens is 206 g/mol. The third-order valence-corrected chi connectivity index (χ3v) is 1.61. The van der Waals surface area contributed by atoms with Crippen molar-refractivity contribution in [1.82, 2.24) is 5.32 Å². The number of rotatable bonds is 9. The summed E-state index contributed by atoms with van der Waals surface area (Å²) in [6, 6.07) is 0. The van der Waals surface area contributed by atoms with Crippen LogP contribution in [0.3, 0.4) is 0 Å². The first-order chi connectivity index (χ1) is 7.81. The molecule has 0 aromatic rings. The third-order valence-electron chi connectivity index (χ3n) is 1.61. The SMILES string of the molecule is CC.CCCOCCOCCNC(=O)CC. The van der Waals surface area contributed by atoms with Crippen LogP contribution in [0, 0.1) is 0 Å². The maximum absolute atomic E-state index is 10.8. The van der Waals surface area contributed by atoms with Gasteiger partial charge in [-0.1, -0.05) is 27.7 Å². The van der Waals surface area contributed by atoms with Gasteiger partial charge in [-0.3, -0.25) is 4.79 Å². The Morgan fingerprint density at radius 2 is 1.56 bits per heavy atom. The van der Waals surface area contributed by atoms with Crippen LogP contribution in [0.2, 0.25) is 0 Å². The molecule has 0 aliphatic rings. The Labute approximate surface area is 99.7 Å². The van der Waals surface area contributed by atoms with Crippen molar-refractivity contribution in [1.29, 1.82) is 0 Å². The van der Waals surface area contributed by atoms with Gasteiger partial charge in [0, 0.05) is 19.6 Å². The highest BCUT2D eigenvalue weighted by molar-refractivity contribution is 5.75. The summed E-state index contributed by atoms with van der Waals surface area (Å²) in [5, 5.41) is 2.73. The van der Waals surface area contributed by atoms with Gasteiger partial charge in [0.05, 0.1) is 19.8 Å². The summed E-state index contributed by atoms with van der Waals surface area (Å²) in [6.07, 6.45) is 1.56. The number of hydrogen-bond donors (Lipinski definition) is 1. The molecule has 0 aliphatic heterocycles. The monoisotopic (exact) mass is 233 g/mol. The fourth-order valence-corrected chi connectivity index (χ4v) is 0.854. The predicted molar refractivity (Wildman–Crippen MR) is 66.6 cm³/mol. The van der Waals surface area contributed by atoms with E-state index in [0.29, 0.717) is 32.8 Å². The second kappa shape index (κ2) is 16.8.